The number of benzene rings is 1. The molecule has 2 rings (SSSR count). The molecule has 0 saturated carbocycles. The minimum absolute atomic E-state index is 0.627. The maximum Gasteiger partial charge on any atom is 0.185 e. The third-order valence-electron chi connectivity index (χ3n) is 2.75. The second-order valence-electron chi connectivity index (χ2n) is 4.54. The molecule has 18 heavy (non-hydrogen) atoms. The van der Waals surface area contributed by atoms with E-state index in [9.17, 15) is 0 Å². The van der Waals surface area contributed by atoms with Crippen LogP contribution in [0.4, 0.5) is 5.69 Å². The summed E-state index contributed by atoms with van der Waals surface area (Å²) < 4.78 is 5.29. The number of thiocarbonyl (C=S) groups is 1. The molecule has 0 bridgehead atoms. The maximum absolute atomic E-state index is 5.30. The summed E-state index contributed by atoms with van der Waals surface area (Å²) in [5.74, 6) is 0. The SMILES string of the molecule is Cc1cc(C)cc(NC(=S)NN2CCOCC2)c1. The Labute approximate surface area is 113 Å². The van der Waals surface area contributed by atoms with Crippen LogP contribution in [0.3, 0.4) is 0 Å². The van der Waals surface area contributed by atoms with Crippen LogP contribution in [0.15, 0.2) is 18.2 Å². The summed E-state index contributed by atoms with van der Waals surface area (Å²) in [6.45, 7) is 7.37. The van der Waals surface area contributed by atoms with Crippen molar-refractivity contribution in [2.24, 2.45) is 0 Å². The third-order valence-corrected chi connectivity index (χ3v) is 2.94. The molecule has 2 N–H and O–H groups in total. The summed E-state index contributed by atoms with van der Waals surface area (Å²) in [6.07, 6.45) is 0. The van der Waals surface area contributed by atoms with E-state index in [0.717, 1.165) is 32.0 Å². The van der Waals surface area contributed by atoms with Crippen molar-refractivity contribution in [1.82, 2.24) is 10.4 Å². The summed E-state index contributed by atoms with van der Waals surface area (Å²) in [7, 11) is 0. The number of anilines is 1. The second kappa shape index (κ2) is 6.13. The lowest BCUT2D eigenvalue weighted by Gasteiger charge is -2.28. The lowest BCUT2D eigenvalue weighted by molar-refractivity contribution is 0.0252. The molecular formula is C13H19N3OS. The van der Waals surface area contributed by atoms with Gasteiger partial charge in [0.1, 0.15) is 0 Å². The van der Waals surface area contributed by atoms with Gasteiger partial charge in [-0.2, -0.15) is 0 Å². The van der Waals surface area contributed by atoms with E-state index < -0.39 is 0 Å². The van der Waals surface area contributed by atoms with Gasteiger partial charge in [-0.25, -0.2) is 5.01 Å². The van der Waals surface area contributed by atoms with Crippen LogP contribution in [-0.2, 0) is 4.74 Å². The summed E-state index contributed by atoms with van der Waals surface area (Å²) >= 11 is 5.30. The van der Waals surface area contributed by atoms with Gasteiger partial charge in [-0.15, -0.1) is 0 Å². The molecule has 0 radical (unpaired) electrons. The Morgan fingerprint density at radius 3 is 2.39 bits per heavy atom. The molecule has 0 spiro atoms. The van der Waals surface area contributed by atoms with Gasteiger partial charge in [0.05, 0.1) is 13.2 Å². The summed E-state index contributed by atoms with van der Waals surface area (Å²) in [6, 6.07) is 6.31. The summed E-state index contributed by atoms with van der Waals surface area (Å²) in [4.78, 5) is 0. The van der Waals surface area contributed by atoms with Crippen LogP contribution in [0.2, 0.25) is 0 Å². The lowest BCUT2D eigenvalue weighted by atomic mass is 10.1. The molecule has 4 nitrogen and oxygen atoms in total. The van der Waals surface area contributed by atoms with E-state index in [-0.39, 0.29) is 0 Å². The first-order chi connectivity index (χ1) is 8.63. The Morgan fingerprint density at radius 2 is 1.78 bits per heavy atom. The van der Waals surface area contributed by atoms with Crippen molar-refractivity contribution < 1.29 is 4.74 Å². The first-order valence-corrected chi connectivity index (χ1v) is 6.53. The molecule has 0 atom stereocenters. The molecule has 1 fully saturated rings. The van der Waals surface area contributed by atoms with Gasteiger partial charge in [-0.1, -0.05) is 6.07 Å². The average molecular weight is 265 g/mol. The third kappa shape index (κ3) is 3.94. The minimum Gasteiger partial charge on any atom is -0.379 e. The number of aryl methyl sites for hydroxylation is 2. The number of hydrazine groups is 1. The fraction of sp³-hybridized carbons (Fsp3) is 0.462. The largest absolute Gasteiger partial charge is 0.379 e. The first-order valence-electron chi connectivity index (χ1n) is 6.12. The normalized spacial score (nSPS) is 16.3. The van der Waals surface area contributed by atoms with E-state index in [0.29, 0.717) is 5.11 Å². The predicted octanol–water partition coefficient (Wildman–Crippen LogP) is 1.84. The zero-order valence-electron chi connectivity index (χ0n) is 10.8. The second-order valence-corrected chi connectivity index (χ2v) is 4.95. The van der Waals surface area contributed by atoms with Gasteiger partial charge in [0.15, 0.2) is 5.11 Å². The summed E-state index contributed by atoms with van der Waals surface area (Å²) in [5, 5.41) is 5.91. The molecule has 98 valence electrons. The van der Waals surface area contributed by atoms with E-state index in [1.165, 1.54) is 11.1 Å². The van der Waals surface area contributed by atoms with E-state index >= 15 is 0 Å². The zero-order chi connectivity index (χ0) is 13.0. The number of hydrogen-bond donors (Lipinski definition) is 2. The van der Waals surface area contributed by atoms with E-state index in [1.807, 2.05) is 0 Å². The molecule has 0 unspecified atom stereocenters. The fourth-order valence-corrected chi connectivity index (χ4v) is 2.27. The van der Waals surface area contributed by atoms with Crippen LogP contribution in [-0.4, -0.2) is 36.4 Å². The molecule has 0 amide bonds. The highest BCUT2D eigenvalue weighted by molar-refractivity contribution is 7.80. The Hall–Kier alpha value is -1.17. The molecule has 1 aliphatic heterocycles. The van der Waals surface area contributed by atoms with Crippen LogP contribution >= 0.6 is 12.2 Å². The van der Waals surface area contributed by atoms with Crippen LogP contribution in [0.1, 0.15) is 11.1 Å². The van der Waals surface area contributed by atoms with Crippen molar-refractivity contribution in [1.29, 1.82) is 0 Å². The molecular weight excluding hydrogens is 246 g/mol. The number of morpholine rings is 1. The number of nitrogens with one attached hydrogen (secondary N) is 2. The standard InChI is InChI=1S/C13H19N3OS/c1-10-7-11(2)9-12(8-10)14-13(18)15-16-3-5-17-6-4-16/h7-9H,3-6H2,1-2H3,(H2,14,15,18). The molecule has 1 aliphatic rings. The van der Waals surface area contributed by atoms with Gasteiger partial charge in [0, 0.05) is 18.8 Å². The smallest absolute Gasteiger partial charge is 0.185 e. The van der Waals surface area contributed by atoms with Crippen LogP contribution in [0.5, 0.6) is 0 Å². The van der Waals surface area contributed by atoms with Gasteiger partial charge in [-0.3, -0.25) is 5.43 Å². The highest BCUT2D eigenvalue weighted by Crippen LogP contribution is 2.13. The van der Waals surface area contributed by atoms with Crippen molar-refractivity contribution >= 4 is 23.0 Å². The van der Waals surface area contributed by atoms with Gasteiger partial charge in [0.25, 0.3) is 0 Å². The van der Waals surface area contributed by atoms with E-state index in [1.54, 1.807) is 0 Å². The Bertz CT molecular complexity index is 410. The highest BCUT2D eigenvalue weighted by Gasteiger charge is 2.11. The quantitative estimate of drug-likeness (QED) is 0.798. The topological polar surface area (TPSA) is 36.5 Å². The molecule has 1 heterocycles. The monoisotopic (exact) mass is 265 g/mol. The van der Waals surface area contributed by atoms with Gasteiger partial charge < -0.3 is 10.1 Å². The number of ether oxygens (including phenoxy) is 1. The molecule has 1 aromatic carbocycles. The van der Waals surface area contributed by atoms with Crippen molar-refractivity contribution in [3.63, 3.8) is 0 Å². The van der Waals surface area contributed by atoms with E-state index in [4.69, 9.17) is 17.0 Å². The van der Waals surface area contributed by atoms with E-state index in [2.05, 4.69) is 47.8 Å². The van der Waals surface area contributed by atoms with Crippen molar-refractivity contribution in [2.45, 2.75) is 13.8 Å². The maximum atomic E-state index is 5.30. The lowest BCUT2D eigenvalue weighted by Crippen LogP contribution is -2.49. The fourth-order valence-electron chi connectivity index (χ4n) is 2.02. The molecule has 1 saturated heterocycles. The van der Waals surface area contributed by atoms with Crippen LogP contribution < -0.4 is 10.7 Å². The average Bonchev–Trinajstić information content (AvgIpc) is 2.28. The Kier molecular flexibility index (Phi) is 4.52. The minimum atomic E-state index is 0.627. The number of hydrogen-bond acceptors (Lipinski definition) is 3. The Morgan fingerprint density at radius 1 is 1.17 bits per heavy atom. The van der Waals surface area contributed by atoms with Crippen molar-refractivity contribution in [3.05, 3.63) is 29.3 Å². The Balaban J connectivity index is 1.89. The van der Waals surface area contributed by atoms with Gasteiger partial charge >= 0.3 is 0 Å². The van der Waals surface area contributed by atoms with Gasteiger partial charge in [-0.05, 0) is 49.3 Å². The zero-order valence-corrected chi connectivity index (χ0v) is 11.6. The molecule has 5 heteroatoms. The highest BCUT2D eigenvalue weighted by atomic mass is 32.1. The van der Waals surface area contributed by atoms with Crippen LogP contribution in [0, 0.1) is 13.8 Å². The molecule has 1 aromatic rings. The first kappa shape index (κ1) is 13.3. The van der Waals surface area contributed by atoms with Gasteiger partial charge in [0.2, 0.25) is 0 Å². The number of nitrogens with zero attached hydrogens (tertiary/aromatic N) is 1. The molecule has 0 aliphatic carbocycles. The van der Waals surface area contributed by atoms with Crippen molar-refractivity contribution in [2.75, 3.05) is 31.6 Å². The van der Waals surface area contributed by atoms with Crippen molar-refractivity contribution in [3.8, 4) is 0 Å². The number of rotatable bonds is 2. The van der Waals surface area contributed by atoms with Crippen LogP contribution in [0.25, 0.3) is 0 Å². The molecule has 0 aromatic heterocycles. The predicted molar refractivity (Wildman–Crippen MR) is 77.7 cm³/mol. The summed E-state index contributed by atoms with van der Waals surface area (Å²) in [5.41, 5.74) is 6.66.